The van der Waals surface area contributed by atoms with E-state index in [0.717, 1.165) is 12.4 Å². The van der Waals surface area contributed by atoms with Gasteiger partial charge in [0.2, 0.25) is 0 Å². The van der Waals surface area contributed by atoms with E-state index in [1.807, 2.05) is 0 Å². The number of hydrogen-bond acceptors (Lipinski definition) is 1. The lowest BCUT2D eigenvalue weighted by molar-refractivity contribution is -0.137. The van der Waals surface area contributed by atoms with Crippen LogP contribution in [-0.4, -0.2) is 15.7 Å². The van der Waals surface area contributed by atoms with Crippen molar-refractivity contribution in [2.45, 2.75) is 19.1 Å². The molecular formula is C7H8ClF3N2. The fourth-order valence-corrected chi connectivity index (χ4v) is 0.974. The molecule has 0 radical (unpaired) electrons. The van der Waals surface area contributed by atoms with Crippen LogP contribution in [0.4, 0.5) is 13.2 Å². The van der Waals surface area contributed by atoms with Gasteiger partial charge >= 0.3 is 6.18 Å². The van der Waals surface area contributed by atoms with Gasteiger partial charge in [0, 0.05) is 18.6 Å². The van der Waals surface area contributed by atoms with E-state index in [0.29, 0.717) is 18.8 Å². The SMILES string of the molecule is FC(F)(F)c1cnn(CCCCl)c1. The highest BCUT2D eigenvalue weighted by Crippen LogP contribution is 2.28. The minimum Gasteiger partial charge on any atom is -0.272 e. The van der Waals surface area contributed by atoms with Crippen molar-refractivity contribution < 1.29 is 13.2 Å². The number of halogens is 4. The molecule has 0 aliphatic heterocycles. The normalized spacial score (nSPS) is 12.0. The molecule has 1 aromatic rings. The summed E-state index contributed by atoms with van der Waals surface area (Å²) in [4.78, 5) is 0. The first-order valence-corrected chi connectivity index (χ1v) is 4.23. The summed E-state index contributed by atoms with van der Waals surface area (Å²) in [6, 6.07) is 0. The summed E-state index contributed by atoms with van der Waals surface area (Å²) in [7, 11) is 0. The van der Waals surface area contributed by atoms with Gasteiger partial charge in [-0.1, -0.05) is 0 Å². The van der Waals surface area contributed by atoms with Gasteiger partial charge in [0.05, 0.1) is 11.8 Å². The summed E-state index contributed by atoms with van der Waals surface area (Å²) in [5, 5.41) is 3.56. The third kappa shape index (κ3) is 2.91. The van der Waals surface area contributed by atoms with Crippen molar-refractivity contribution in [3.63, 3.8) is 0 Å². The number of hydrogen-bond donors (Lipinski definition) is 0. The Hall–Kier alpha value is -0.710. The number of alkyl halides is 4. The Morgan fingerprint density at radius 1 is 1.46 bits per heavy atom. The number of nitrogens with zero attached hydrogens (tertiary/aromatic N) is 2. The third-order valence-corrected chi connectivity index (χ3v) is 1.75. The van der Waals surface area contributed by atoms with Crippen molar-refractivity contribution in [2.75, 3.05) is 5.88 Å². The second kappa shape index (κ2) is 4.00. The van der Waals surface area contributed by atoms with Crippen molar-refractivity contribution in [3.05, 3.63) is 18.0 Å². The second-order valence-corrected chi connectivity index (χ2v) is 2.91. The zero-order chi connectivity index (χ0) is 9.90. The summed E-state index contributed by atoms with van der Waals surface area (Å²) < 4.78 is 37.4. The zero-order valence-electron chi connectivity index (χ0n) is 6.68. The third-order valence-electron chi connectivity index (χ3n) is 1.48. The number of rotatable bonds is 3. The van der Waals surface area contributed by atoms with E-state index < -0.39 is 11.7 Å². The lowest BCUT2D eigenvalue weighted by Crippen LogP contribution is -2.03. The minimum atomic E-state index is -4.31. The summed E-state index contributed by atoms with van der Waals surface area (Å²) in [6.07, 6.45) is -1.90. The Morgan fingerprint density at radius 2 is 2.15 bits per heavy atom. The molecule has 0 aliphatic rings. The van der Waals surface area contributed by atoms with Gasteiger partial charge in [-0.05, 0) is 6.42 Å². The molecule has 74 valence electrons. The first-order valence-electron chi connectivity index (χ1n) is 3.69. The van der Waals surface area contributed by atoms with Crippen LogP contribution >= 0.6 is 11.6 Å². The monoisotopic (exact) mass is 212 g/mol. The highest BCUT2D eigenvalue weighted by atomic mass is 35.5. The standard InChI is InChI=1S/C7H8ClF3N2/c8-2-1-3-13-5-6(4-12-13)7(9,10)11/h4-5H,1-3H2. The maximum Gasteiger partial charge on any atom is 0.419 e. The predicted octanol–water partition coefficient (Wildman–Crippen LogP) is 2.53. The van der Waals surface area contributed by atoms with Gasteiger partial charge in [-0.15, -0.1) is 11.6 Å². The summed E-state index contributed by atoms with van der Waals surface area (Å²) in [6.45, 7) is 0.416. The van der Waals surface area contributed by atoms with E-state index in [-0.39, 0.29) is 0 Å². The molecule has 1 rings (SSSR count). The molecule has 0 unspecified atom stereocenters. The molecule has 0 saturated heterocycles. The van der Waals surface area contributed by atoms with Crippen LogP contribution in [0.25, 0.3) is 0 Å². The maximum atomic E-state index is 12.0. The van der Waals surface area contributed by atoms with E-state index in [4.69, 9.17) is 11.6 Å². The fraction of sp³-hybridized carbons (Fsp3) is 0.571. The second-order valence-electron chi connectivity index (χ2n) is 2.53. The van der Waals surface area contributed by atoms with E-state index in [9.17, 15) is 13.2 Å². The van der Waals surface area contributed by atoms with Gasteiger partial charge in [-0.2, -0.15) is 18.3 Å². The molecule has 0 spiro atoms. The Labute approximate surface area is 78.3 Å². The van der Waals surface area contributed by atoms with E-state index >= 15 is 0 Å². The maximum absolute atomic E-state index is 12.0. The van der Waals surface area contributed by atoms with Crippen LogP contribution in [0.1, 0.15) is 12.0 Å². The molecule has 0 fully saturated rings. The van der Waals surface area contributed by atoms with Crippen LogP contribution in [0.2, 0.25) is 0 Å². The average Bonchev–Trinajstić information content (AvgIpc) is 2.47. The molecule has 1 aromatic heterocycles. The van der Waals surface area contributed by atoms with Gasteiger partial charge in [0.1, 0.15) is 0 Å². The van der Waals surface area contributed by atoms with Gasteiger partial charge in [-0.25, -0.2) is 0 Å². The van der Waals surface area contributed by atoms with E-state index in [2.05, 4.69) is 5.10 Å². The Kier molecular flexibility index (Phi) is 3.19. The molecular weight excluding hydrogens is 205 g/mol. The highest BCUT2D eigenvalue weighted by Gasteiger charge is 2.31. The number of aryl methyl sites for hydroxylation is 1. The van der Waals surface area contributed by atoms with Crippen LogP contribution in [0, 0.1) is 0 Å². The first-order chi connectivity index (χ1) is 6.04. The van der Waals surface area contributed by atoms with Crippen LogP contribution in [0.5, 0.6) is 0 Å². The minimum absolute atomic E-state index is 0.416. The topological polar surface area (TPSA) is 17.8 Å². The van der Waals surface area contributed by atoms with Crippen LogP contribution in [0.15, 0.2) is 12.4 Å². The lowest BCUT2D eigenvalue weighted by atomic mass is 10.3. The molecule has 0 bridgehead atoms. The Morgan fingerprint density at radius 3 is 2.62 bits per heavy atom. The van der Waals surface area contributed by atoms with Crippen molar-refractivity contribution >= 4 is 11.6 Å². The van der Waals surface area contributed by atoms with Gasteiger partial charge < -0.3 is 0 Å². The van der Waals surface area contributed by atoms with Crippen molar-refractivity contribution in [3.8, 4) is 0 Å². The molecule has 0 aliphatic carbocycles. The summed E-state index contributed by atoms with van der Waals surface area (Å²) in [5.74, 6) is 0.418. The summed E-state index contributed by atoms with van der Waals surface area (Å²) in [5.41, 5.74) is -0.720. The molecule has 0 atom stereocenters. The predicted molar refractivity (Wildman–Crippen MR) is 42.6 cm³/mol. The summed E-state index contributed by atoms with van der Waals surface area (Å²) >= 11 is 5.38. The number of aromatic nitrogens is 2. The fourth-order valence-electron chi connectivity index (χ4n) is 0.854. The van der Waals surface area contributed by atoms with Crippen LogP contribution in [0.3, 0.4) is 0 Å². The molecule has 0 saturated carbocycles. The smallest absolute Gasteiger partial charge is 0.272 e. The Balaban J connectivity index is 2.64. The van der Waals surface area contributed by atoms with Gasteiger partial charge in [0.25, 0.3) is 0 Å². The van der Waals surface area contributed by atoms with Crippen LogP contribution < -0.4 is 0 Å². The van der Waals surface area contributed by atoms with Gasteiger partial charge in [0.15, 0.2) is 0 Å². The van der Waals surface area contributed by atoms with Crippen molar-refractivity contribution in [1.29, 1.82) is 0 Å². The molecule has 2 nitrogen and oxygen atoms in total. The van der Waals surface area contributed by atoms with Crippen LogP contribution in [-0.2, 0) is 12.7 Å². The molecule has 0 N–H and O–H groups in total. The Bertz CT molecular complexity index is 269. The van der Waals surface area contributed by atoms with E-state index in [1.165, 1.54) is 4.68 Å². The molecule has 1 heterocycles. The van der Waals surface area contributed by atoms with Crippen molar-refractivity contribution in [2.24, 2.45) is 0 Å². The largest absolute Gasteiger partial charge is 0.419 e. The molecule has 0 amide bonds. The first kappa shape index (κ1) is 10.4. The average molecular weight is 213 g/mol. The lowest BCUT2D eigenvalue weighted by Gasteiger charge is -2.00. The zero-order valence-corrected chi connectivity index (χ0v) is 7.44. The van der Waals surface area contributed by atoms with E-state index in [1.54, 1.807) is 0 Å². The molecule has 6 heteroatoms. The van der Waals surface area contributed by atoms with Crippen molar-refractivity contribution in [1.82, 2.24) is 9.78 Å². The van der Waals surface area contributed by atoms with Gasteiger partial charge in [-0.3, -0.25) is 4.68 Å². The highest BCUT2D eigenvalue weighted by molar-refractivity contribution is 6.17. The molecule has 13 heavy (non-hydrogen) atoms. The quantitative estimate of drug-likeness (QED) is 0.704. The molecule has 0 aromatic carbocycles.